The number of aromatic nitrogens is 1. The topological polar surface area (TPSA) is 78.2 Å². The number of amides is 1. The molecule has 6 nitrogen and oxygen atoms in total. The quantitative estimate of drug-likeness (QED) is 0.852. The van der Waals surface area contributed by atoms with Gasteiger partial charge in [-0.15, -0.1) is 0 Å². The molecule has 3 rings (SSSR count). The predicted octanol–water partition coefficient (Wildman–Crippen LogP) is 2.54. The Hall–Kier alpha value is -3.07. The van der Waals surface area contributed by atoms with E-state index >= 15 is 0 Å². The molecule has 0 saturated carbocycles. The first-order valence-corrected chi connectivity index (χ1v) is 9.19. The summed E-state index contributed by atoms with van der Waals surface area (Å²) in [5, 5.41) is 12.3. The number of nitrogens with one attached hydrogen (secondary N) is 1. The highest BCUT2D eigenvalue weighted by molar-refractivity contribution is 5.78. The van der Waals surface area contributed by atoms with Crippen molar-refractivity contribution in [1.29, 1.82) is 5.26 Å². The van der Waals surface area contributed by atoms with Gasteiger partial charge < -0.3 is 15.0 Å². The molecule has 1 aromatic heterocycles. The molecule has 1 N–H and O–H groups in total. The number of benzene rings is 1. The highest BCUT2D eigenvalue weighted by atomic mass is 16.5. The number of rotatable bonds is 6. The Labute approximate surface area is 159 Å². The van der Waals surface area contributed by atoms with Gasteiger partial charge in [0.1, 0.15) is 17.6 Å². The Morgan fingerprint density at radius 1 is 1.37 bits per heavy atom. The largest absolute Gasteiger partial charge is 0.497 e. The zero-order valence-electron chi connectivity index (χ0n) is 15.5. The fourth-order valence-electron chi connectivity index (χ4n) is 3.41. The summed E-state index contributed by atoms with van der Waals surface area (Å²) in [6.07, 6.45) is 4.17. The number of carbonyl (C=O) groups excluding carboxylic acids is 1. The van der Waals surface area contributed by atoms with Crippen molar-refractivity contribution >= 4 is 11.7 Å². The molecule has 1 saturated heterocycles. The summed E-state index contributed by atoms with van der Waals surface area (Å²) < 4.78 is 5.13. The first-order valence-electron chi connectivity index (χ1n) is 9.19. The van der Waals surface area contributed by atoms with Crippen molar-refractivity contribution in [1.82, 2.24) is 10.3 Å². The van der Waals surface area contributed by atoms with E-state index in [4.69, 9.17) is 4.74 Å². The van der Waals surface area contributed by atoms with Gasteiger partial charge in [0.25, 0.3) is 0 Å². The third-order valence-electron chi connectivity index (χ3n) is 4.84. The summed E-state index contributed by atoms with van der Waals surface area (Å²) in [5.41, 5.74) is 1.56. The maximum Gasteiger partial charge on any atom is 0.224 e. The third kappa shape index (κ3) is 4.98. The maximum absolute atomic E-state index is 12.3. The Morgan fingerprint density at radius 2 is 2.19 bits per heavy atom. The molecule has 1 aliphatic heterocycles. The molecule has 0 spiro atoms. The van der Waals surface area contributed by atoms with Gasteiger partial charge in [0.05, 0.1) is 19.1 Å². The van der Waals surface area contributed by atoms with E-state index in [2.05, 4.69) is 21.3 Å². The van der Waals surface area contributed by atoms with Crippen LogP contribution >= 0.6 is 0 Å². The number of methoxy groups -OCH3 is 1. The van der Waals surface area contributed by atoms with Gasteiger partial charge in [-0.05, 0) is 48.6 Å². The SMILES string of the molecule is COc1ccc(CC(=O)NC[C@H]2CCCN(c3ncccc3C#N)C2)cc1. The average Bonchev–Trinajstić information content (AvgIpc) is 2.73. The molecule has 1 aromatic carbocycles. The number of hydrogen-bond donors (Lipinski definition) is 1. The molecular formula is C21H24N4O2. The van der Waals surface area contributed by atoms with Crippen LogP contribution in [0.3, 0.4) is 0 Å². The molecule has 0 radical (unpaired) electrons. The van der Waals surface area contributed by atoms with Crippen LogP contribution in [0.2, 0.25) is 0 Å². The van der Waals surface area contributed by atoms with Gasteiger partial charge in [0.2, 0.25) is 5.91 Å². The van der Waals surface area contributed by atoms with Gasteiger partial charge in [0.15, 0.2) is 0 Å². The van der Waals surface area contributed by atoms with E-state index in [1.807, 2.05) is 24.3 Å². The minimum absolute atomic E-state index is 0.0211. The summed E-state index contributed by atoms with van der Waals surface area (Å²) >= 11 is 0. The molecular weight excluding hydrogens is 340 g/mol. The van der Waals surface area contributed by atoms with Crippen LogP contribution in [0.5, 0.6) is 5.75 Å². The van der Waals surface area contributed by atoms with Crippen LogP contribution < -0.4 is 15.0 Å². The smallest absolute Gasteiger partial charge is 0.224 e. The van der Waals surface area contributed by atoms with Gasteiger partial charge in [-0.1, -0.05) is 12.1 Å². The lowest BCUT2D eigenvalue weighted by molar-refractivity contribution is -0.120. The fraction of sp³-hybridized carbons (Fsp3) is 0.381. The number of piperidine rings is 1. The molecule has 1 amide bonds. The second kappa shape index (κ2) is 9.04. The minimum atomic E-state index is 0.0211. The molecule has 1 fully saturated rings. The maximum atomic E-state index is 12.3. The highest BCUT2D eigenvalue weighted by Crippen LogP contribution is 2.23. The molecule has 140 valence electrons. The summed E-state index contributed by atoms with van der Waals surface area (Å²) in [7, 11) is 1.62. The molecule has 2 aromatic rings. The molecule has 2 heterocycles. The van der Waals surface area contributed by atoms with Crippen molar-refractivity contribution in [2.45, 2.75) is 19.3 Å². The molecule has 27 heavy (non-hydrogen) atoms. The van der Waals surface area contributed by atoms with Crippen molar-refractivity contribution in [2.75, 3.05) is 31.6 Å². The zero-order valence-corrected chi connectivity index (χ0v) is 15.5. The van der Waals surface area contributed by atoms with E-state index in [0.29, 0.717) is 24.4 Å². The monoisotopic (exact) mass is 364 g/mol. The molecule has 0 bridgehead atoms. The van der Waals surface area contributed by atoms with Crippen LogP contribution in [0.25, 0.3) is 0 Å². The summed E-state index contributed by atoms with van der Waals surface area (Å²) in [4.78, 5) is 18.8. The first kappa shape index (κ1) is 18.7. The van der Waals surface area contributed by atoms with Gasteiger partial charge >= 0.3 is 0 Å². The lowest BCUT2D eigenvalue weighted by Crippen LogP contribution is -2.41. The standard InChI is InChI=1S/C21H24N4O2/c1-27-19-8-6-16(7-9-19)12-20(26)24-14-17-4-3-11-25(15-17)21-18(13-22)5-2-10-23-21/h2,5-10,17H,3-4,11-12,14-15H2,1H3,(H,24,26)/t17-/m1/s1. The van der Waals surface area contributed by atoms with Crippen LogP contribution in [0, 0.1) is 17.2 Å². The van der Waals surface area contributed by atoms with Crippen LogP contribution in [-0.2, 0) is 11.2 Å². The second-order valence-corrected chi connectivity index (χ2v) is 6.77. The number of nitriles is 1. The number of ether oxygens (including phenoxy) is 1. The molecule has 0 aliphatic carbocycles. The highest BCUT2D eigenvalue weighted by Gasteiger charge is 2.23. The average molecular weight is 364 g/mol. The fourth-order valence-corrected chi connectivity index (χ4v) is 3.41. The third-order valence-corrected chi connectivity index (χ3v) is 4.84. The summed E-state index contributed by atoms with van der Waals surface area (Å²) in [6, 6.07) is 13.3. The Bertz CT molecular complexity index is 814. The first-order chi connectivity index (χ1) is 13.2. The van der Waals surface area contributed by atoms with Crippen LogP contribution in [-0.4, -0.2) is 37.6 Å². The molecule has 0 unspecified atom stereocenters. The summed E-state index contributed by atoms with van der Waals surface area (Å²) in [5.74, 6) is 1.90. The second-order valence-electron chi connectivity index (χ2n) is 6.77. The van der Waals surface area contributed by atoms with Crippen LogP contribution in [0.1, 0.15) is 24.0 Å². The van der Waals surface area contributed by atoms with Gasteiger partial charge in [-0.3, -0.25) is 4.79 Å². The Morgan fingerprint density at radius 3 is 2.93 bits per heavy atom. The van der Waals surface area contributed by atoms with E-state index in [1.54, 1.807) is 25.4 Å². The van der Waals surface area contributed by atoms with E-state index in [-0.39, 0.29) is 5.91 Å². The normalized spacial score (nSPS) is 16.4. The lowest BCUT2D eigenvalue weighted by atomic mass is 9.97. The number of pyridine rings is 1. The number of anilines is 1. The van der Waals surface area contributed by atoms with Crippen molar-refractivity contribution in [3.8, 4) is 11.8 Å². The van der Waals surface area contributed by atoms with Crippen LogP contribution in [0.4, 0.5) is 5.82 Å². The van der Waals surface area contributed by atoms with Gasteiger partial charge in [-0.25, -0.2) is 4.98 Å². The van der Waals surface area contributed by atoms with E-state index in [1.165, 1.54) is 0 Å². The van der Waals surface area contributed by atoms with Crippen molar-refractivity contribution in [3.05, 3.63) is 53.7 Å². The van der Waals surface area contributed by atoms with E-state index in [9.17, 15) is 10.1 Å². The molecule has 1 atom stereocenters. The Balaban J connectivity index is 1.51. The zero-order chi connectivity index (χ0) is 19.1. The van der Waals surface area contributed by atoms with Crippen molar-refractivity contribution in [2.24, 2.45) is 5.92 Å². The minimum Gasteiger partial charge on any atom is -0.497 e. The van der Waals surface area contributed by atoms with Gasteiger partial charge in [0, 0.05) is 25.8 Å². The molecule has 6 heteroatoms. The van der Waals surface area contributed by atoms with Crippen molar-refractivity contribution < 1.29 is 9.53 Å². The van der Waals surface area contributed by atoms with Crippen LogP contribution in [0.15, 0.2) is 42.6 Å². The number of hydrogen-bond acceptors (Lipinski definition) is 5. The van der Waals surface area contributed by atoms with Gasteiger partial charge in [-0.2, -0.15) is 5.26 Å². The summed E-state index contributed by atoms with van der Waals surface area (Å²) in [6.45, 7) is 2.33. The van der Waals surface area contributed by atoms with E-state index in [0.717, 1.165) is 43.1 Å². The Kier molecular flexibility index (Phi) is 6.26. The lowest BCUT2D eigenvalue weighted by Gasteiger charge is -2.34. The predicted molar refractivity (Wildman–Crippen MR) is 104 cm³/mol. The number of carbonyl (C=O) groups is 1. The molecule has 1 aliphatic rings. The number of nitrogens with zero attached hydrogens (tertiary/aromatic N) is 3. The van der Waals surface area contributed by atoms with Crippen molar-refractivity contribution in [3.63, 3.8) is 0 Å². The van der Waals surface area contributed by atoms with E-state index < -0.39 is 0 Å².